The molecule has 0 bridgehead atoms. The van der Waals surface area contributed by atoms with Crippen molar-refractivity contribution in [2.75, 3.05) is 26.4 Å². The van der Waals surface area contributed by atoms with Gasteiger partial charge in [0.15, 0.2) is 0 Å². The molecule has 0 radical (unpaired) electrons. The largest absolute Gasteiger partial charge is 0.462 e. The molecule has 2 aliphatic heterocycles. The first kappa shape index (κ1) is 25.3. The van der Waals surface area contributed by atoms with Crippen molar-refractivity contribution in [2.24, 2.45) is 16.5 Å². The number of carbonyl (C=O) groups is 2. The van der Waals surface area contributed by atoms with E-state index in [9.17, 15) is 18.0 Å². The van der Waals surface area contributed by atoms with E-state index in [0.717, 1.165) is 30.7 Å². The summed E-state index contributed by atoms with van der Waals surface area (Å²) >= 11 is 0. The summed E-state index contributed by atoms with van der Waals surface area (Å²) in [5.41, 5.74) is 2.59. The zero-order valence-electron chi connectivity index (χ0n) is 20.1. The molecule has 1 saturated heterocycles. The van der Waals surface area contributed by atoms with E-state index in [2.05, 4.69) is 5.32 Å². The highest BCUT2D eigenvalue weighted by atomic mass is 32.2. The van der Waals surface area contributed by atoms with Gasteiger partial charge in [-0.2, -0.15) is 5.10 Å². The summed E-state index contributed by atoms with van der Waals surface area (Å²) in [5, 5.41) is 13.0. The van der Waals surface area contributed by atoms with Crippen molar-refractivity contribution in [1.82, 2.24) is 15.1 Å². The van der Waals surface area contributed by atoms with Crippen molar-refractivity contribution in [3.8, 4) is 0 Å². The van der Waals surface area contributed by atoms with Crippen LogP contribution in [0.25, 0.3) is 0 Å². The van der Waals surface area contributed by atoms with Crippen molar-refractivity contribution >= 4 is 21.9 Å². The maximum absolute atomic E-state index is 13.0. The number of hydrogen-bond donors (Lipinski definition) is 2. The normalized spacial score (nSPS) is 18.4. The van der Waals surface area contributed by atoms with Crippen molar-refractivity contribution in [3.63, 3.8) is 0 Å². The van der Waals surface area contributed by atoms with Crippen molar-refractivity contribution in [3.05, 3.63) is 46.8 Å². The van der Waals surface area contributed by atoms with Crippen LogP contribution in [0.2, 0.25) is 0 Å². The molecular formula is C24H32N4O6S. The number of esters is 1. The van der Waals surface area contributed by atoms with E-state index in [-0.39, 0.29) is 34.3 Å². The number of nitrogens with zero attached hydrogens (tertiary/aromatic N) is 2. The maximum Gasteiger partial charge on any atom is 0.338 e. The number of hydrogen-bond acceptors (Lipinski definition) is 7. The first-order valence-electron chi connectivity index (χ1n) is 11.9. The molecule has 35 heavy (non-hydrogen) atoms. The molecule has 3 N–H and O–H groups in total. The van der Waals surface area contributed by atoms with Gasteiger partial charge in [0.05, 0.1) is 34.0 Å². The SMILES string of the molecule is CCc1nn(C[C@@H](C)COC(=O)c2ccc(S(N)(=O)=O)cc2)c2c1C(=O)NCC1(CCOCC1)C2. The van der Waals surface area contributed by atoms with Crippen molar-refractivity contribution in [1.29, 1.82) is 0 Å². The van der Waals surface area contributed by atoms with Gasteiger partial charge in [-0.15, -0.1) is 0 Å². The Morgan fingerprint density at radius 3 is 2.60 bits per heavy atom. The number of carbonyl (C=O) groups excluding carboxylic acids is 2. The monoisotopic (exact) mass is 504 g/mol. The number of ether oxygens (including phenoxy) is 2. The van der Waals surface area contributed by atoms with Gasteiger partial charge in [0.1, 0.15) is 0 Å². The molecule has 1 spiro atoms. The lowest BCUT2D eigenvalue weighted by Crippen LogP contribution is -2.41. The molecule has 1 amide bonds. The summed E-state index contributed by atoms with van der Waals surface area (Å²) in [4.78, 5) is 25.3. The Kier molecular flexibility index (Phi) is 7.30. The van der Waals surface area contributed by atoms with E-state index in [0.29, 0.717) is 38.3 Å². The van der Waals surface area contributed by atoms with E-state index < -0.39 is 16.0 Å². The van der Waals surface area contributed by atoms with Gasteiger partial charge in [-0.3, -0.25) is 9.48 Å². The number of fused-ring (bicyclic) bond motifs is 1. The third-order valence-corrected chi connectivity index (χ3v) is 7.74. The standard InChI is InChI=1S/C24H32N4O6S/c1-3-19-21-20(12-24(15-26-22(21)29)8-10-33-11-9-24)28(27-19)13-16(2)14-34-23(30)17-4-6-18(7-5-17)35(25,31)32/h4-7,16H,3,8-15H2,1-2H3,(H,26,29)(H2,25,31,32)/t16-/m1/s1. The van der Waals surface area contributed by atoms with E-state index in [1.54, 1.807) is 0 Å². The third kappa shape index (κ3) is 5.57. The van der Waals surface area contributed by atoms with E-state index in [4.69, 9.17) is 19.7 Å². The second-order valence-corrected chi connectivity index (χ2v) is 11.1. The molecular weight excluding hydrogens is 472 g/mol. The molecule has 0 aliphatic carbocycles. The lowest BCUT2D eigenvalue weighted by Gasteiger charge is -2.36. The molecule has 1 fully saturated rings. The van der Waals surface area contributed by atoms with E-state index >= 15 is 0 Å². The molecule has 0 unspecified atom stereocenters. The predicted molar refractivity (Wildman–Crippen MR) is 127 cm³/mol. The highest BCUT2D eigenvalue weighted by Gasteiger charge is 2.39. The molecule has 2 aliphatic rings. The van der Waals surface area contributed by atoms with Gasteiger partial charge >= 0.3 is 5.97 Å². The minimum absolute atomic E-state index is 0.0408. The topological polar surface area (TPSA) is 143 Å². The number of nitrogens with one attached hydrogen (secondary N) is 1. The van der Waals surface area contributed by atoms with Crippen molar-refractivity contribution in [2.45, 2.75) is 51.0 Å². The lowest BCUT2D eigenvalue weighted by molar-refractivity contribution is 0.0151. The smallest absolute Gasteiger partial charge is 0.338 e. The molecule has 10 nitrogen and oxygen atoms in total. The molecule has 190 valence electrons. The second-order valence-electron chi connectivity index (χ2n) is 9.55. The number of sulfonamides is 1. The molecule has 1 atom stereocenters. The minimum atomic E-state index is -3.83. The zero-order chi connectivity index (χ0) is 25.2. The summed E-state index contributed by atoms with van der Waals surface area (Å²) in [5.74, 6) is -0.686. The summed E-state index contributed by atoms with van der Waals surface area (Å²) < 4.78 is 35.7. The van der Waals surface area contributed by atoms with E-state index in [1.807, 2.05) is 18.5 Å². The number of nitrogens with two attached hydrogens (primary N) is 1. The zero-order valence-corrected chi connectivity index (χ0v) is 20.9. The number of amides is 1. The van der Waals surface area contributed by atoms with Gasteiger partial charge in [0.2, 0.25) is 10.0 Å². The molecule has 11 heteroatoms. The lowest BCUT2D eigenvalue weighted by atomic mass is 9.76. The Labute approximate surface area is 205 Å². The molecule has 3 heterocycles. The number of aryl methyl sites for hydroxylation is 1. The fraction of sp³-hybridized carbons (Fsp3) is 0.542. The van der Waals surface area contributed by atoms with Crippen LogP contribution < -0.4 is 10.5 Å². The summed E-state index contributed by atoms with van der Waals surface area (Å²) in [6.07, 6.45) is 3.17. The first-order valence-corrected chi connectivity index (χ1v) is 13.4. The highest BCUT2D eigenvalue weighted by Crippen LogP contribution is 2.37. The van der Waals surface area contributed by atoms with Gasteiger partial charge in [0, 0.05) is 32.2 Å². The van der Waals surface area contributed by atoms with Gasteiger partial charge in [0.25, 0.3) is 5.91 Å². The number of aromatic nitrogens is 2. The van der Waals surface area contributed by atoms with Crippen LogP contribution in [0.4, 0.5) is 0 Å². The van der Waals surface area contributed by atoms with Crippen LogP contribution >= 0.6 is 0 Å². The van der Waals surface area contributed by atoms with E-state index in [1.165, 1.54) is 24.3 Å². The van der Waals surface area contributed by atoms with Crippen LogP contribution in [-0.4, -0.2) is 56.4 Å². The Hall–Kier alpha value is -2.76. The maximum atomic E-state index is 13.0. The number of benzene rings is 1. The summed E-state index contributed by atoms with van der Waals surface area (Å²) in [7, 11) is -3.83. The van der Waals surface area contributed by atoms with Crippen LogP contribution in [0.15, 0.2) is 29.2 Å². The van der Waals surface area contributed by atoms with Gasteiger partial charge in [-0.25, -0.2) is 18.4 Å². The van der Waals surface area contributed by atoms with Crippen LogP contribution in [0.5, 0.6) is 0 Å². The predicted octanol–water partition coefficient (Wildman–Crippen LogP) is 1.67. The molecule has 2 aromatic rings. The quantitative estimate of drug-likeness (QED) is 0.546. The number of rotatable bonds is 7. The fourth-order valence-electron chi connectivity index (χ4n) is 4.75. The Morgan fingerprint density at radius 1 is 1.29 bits per heavy atom. The Morgan fingerprint density at radius 2 is 1.97 bits per heavy atom. The van der Waals surface area contributed by atoms with Gasteiger partial charge in [-0.1, -0.05) is 13.8 Å². The van der Waals surface area contributed by atoms with Crippen molar-refractivity contribution < 1.29 is 27.5 Å². The molecule has 1 aromatic heterocycles. The fourth-order valence-corrected chi connectivity index (χ4v) is 5.27. The highest BCUT2D eigenvalue weighted by molar-refractivity contribution is 7.89. The average Bonchev–Trinajstić information content (AvgIpc) is 3.10. The van der Waals surface area contributed by atoms with Gasteiger partial charge < -0.3 is 14.8 Å². The first-order chi connectivity index (χ1) is 16.6. The molecule has 4 rings (SSSR count). The van der Waals surface area contributed by atoms with Gasteiger partial charge in [-0.05, 0) is 55.4 Å². The summed E-state index contributed by atoms with van der Waals surface area (Å²) in [6.45, 7) is 6.59. The van der Waals surface area contributed by atoms with Crippen LogP contribution in [0, 0.1) is 11.3 Å². The summed E-state index contributed by atoms with van der Waals surface area (Å²) in [6, 6.07) is 5.30. The van der Waals surface area contributed by atoms with Crippen LogP contribution in [0.3, 0.4) is 0 Å². The third-order valence-electron chi connectivity index (χ3n) is 6.81. The van der Waals surface area contributed by atoms with Crippen LogP contribution in [0.1, 0.15) is 58.8 Å². The molecule has 0 saturated carbocycles. The Balaban J connectivity index is 1.46. The van der Waals surface area contributed by atoms with Crippen LogP contribution in [-0.2, 0) is 38.9 Å². The number of primary sulfonamides is 1. The average molecular weight is 505 g/mol. The Bertz CT molecular complexity index is 1200. The molecule has 1 aromatic carbocycles. The second kappa shape index (κ2) is 10.1. The minimum Gasteiger partial charge on any atom is -0.462 e.